The predicted molar refractivity (Wildman–Crippen MR) is 124 cm³/mol. The third-order valence-corrected chi connectivity index (χ3v) is 7.09. The number of piperazine rings is 2. The van der Waals surface area contributed by atoms with Gasteiger partial charge in [0.1, 0.15) is 0 Å². The van der Waals surface area contributed by atoms with E-state index in [2.05, 4.69) is 19.7 Å². The quantitative estimate of drug-likeness (QED) is 0.662. The number of hydrogen-bond acceptors (Lipinski definition) is 7. The zero-order valence-electron chi connectivity index (χ0n) is 19.4. The standard InChI is InChI=1S/C23H38N6O3/c1-32-16-15-26-7-9-27(10-8-26)18-20-17-21(30)25-23(24-20)29-13-11-28(12-14-29)22(31)19-5-3-2-4-6-19/h17,19H,2-16,18H2,1H3,(H,24,25,30). The molecule has 3 heterocycles. The molecule has 32 heavy (non-hydrogen) atoms. The Hall–Kier alpha value is -1.97. The smallest absolute Gasteiger partial charge is 0.252 e. The van der Waals surface area contributed by atoms with E-state index in [-0.39, 0.29) is 11.5 Å². The third-order valence-electron chi connectivity index (χ3n) is 7.09. The van der Waals surface area contributed by atoms with Gasteiger partial charge in [-0.2, -0.15) is 0 Å². The van der Waals surface area contributed by atoms with Crippen LogP contribution in [-0.4, -0.2) is 103 Å². The second-order valence-corrected chi connectivity index (χ2v) is 9.32. The minimum absolute atomic E-state index is 0.107. The molecule has 1 N–H and O–H groups in total. The fourth-order valence-electron chi connectivity index (χ4n) is 5.09. The SMILES string of the molecule is COCCN1CCN(Cc2cc(=O)[nH]c(N3CCN(C(=O)C4CCCCC4)CC3)n2)CC1. The Balaban J connectivity index is 1.29. The van der Waals surface area contributed by atoms with Crippen LogP contribution in [0.4, 0.5) is 5.95 Å². The number of methoxy groups -OCH3 is 1. The van der Waals surface area contributed by atoms with Gasteiger partial charge in [0.05, 0.1) is 12.3 Å². The van der Waals surface area contributed by atoms with Gasteiger partial charge in [0.2, 0.25) is 11.9 Å². The molecule has 9 heteroatoms. The number of amides is 1. The normalized spacial score (nSPS) is 21.8. The number of nitrogens with one attached hydrogen (secondary N) is 1. The van der Waals surface area contributed by atoms with Crippen molar-refractivity contribution in [2.75, 3.05) is 77.5 Å². The highest BCUT2D eigenvalue weighted by atomic mass is 16.5. The molecule has 0 unspecified atom stereocenters. The molecule has 1 amide bonds. The molecular weight excluding hydrogens is 408 g/mol. The Morgan fingerprint density at radius 1 is 1.03 bits per heavy atom. The lowest BCUT2D eigenvalue weighted by molar-refractivity contribution is -0.136. The molecule has 0 spiro atoms. The van der Waals surface area contributed by atoms with E-state index < -0.39 is 0 Å². The van der Waals surface area contributed by atoms with Crippen molar-refractivity contribution in [3.63, 3.8) is 0 Å². The summed E-state index contributed by atoms with van der Waals surface area (Å²) in [6, 6.07) is 1.61. The molecule has 2 saturated heterocycles. The van der Waals surface area contributed by atoms with Gasteiger partial charge in [0, 0.05) is 84.5 Å². The molecule has 0 aromatic carbocycles. The number of carbonyl (C=O) groups excluding carboxylic acids is 1. The van der Waals surface area contributed by atoms with Crippen LogP contribution in [0.3, 0.4) is 0 Å². The number of aromatic nitrogens is 2. The van der Waals surface area contributed by atoms with E-state index in [1.54, 1.807) is 13.2 Å². The maximum Gasteiger partial charge on any atom is 0.252 e. The van der Waals surface area contributed by atoms with Gasteiger partial charge >= 0.3 is 0 Å². The third kappa shape index (κ3) is 6.08. The van der Waals surface area contributed by atoms with Crippen molar-refractivity contribution in [3.8, 4) is 0 Å². The summed E-state index contributed by atoms with van der Waals surface area (Å²) < 4.78 is 5.17. The highest BCUT2D eigenvalue weighted by Gasteiger charge is 2.29. The van der Waals surface area contributed by atoms with Crippen LogP contribution in [0, 0.1) is 5.92 Å². The number of rotatable bonds is 7. The highest BCUT2D eigenvalue weighted by Crippen LogP contribution is 2.26. The molecule has 0 atom stereocenters. The average Bonchev–Trinajstić information content (AvgIpc) is 2.83. The lowest BCUT2D eigenvalue weighted by Gasteiger charge is -2.37. The minimum atomic E-state index is -0.107. The summed E-state index contributed by atoms with van der Waals surface area (Å²) in [5, 5.41) is 0. The van der Waals surface area contributed by atoms with E-state index in [1.165, 1.54) is 19.3 Å². The van der Waals surface area contributed by atoms with E-state index >= 15 is 0 Å². The van der Waals surface area contributed by atoms with E-state index in [0.29, 0.717) is 44.6 Å². The molecular formula is C23H38N6O3. The lowest BCUT2D eigenvalue weighted by Crippen LogP contribution is -2.51. The van der Waals surface area contributed by atoms with E-state index in [9.17, 15) is 9.59 Å². The van der Waals surface area contributed by atoms with Gasteiger partial charge in [-0.05, 0) is 12.8 Å². The maximum atomic E-state index is 12.8. The zero-order chi connectivity index (χ0) is 22.3. The van der Waals surface area contributed by atoms with Crippen LogP contribution in [0.25, 0.3) is 0 Å². The molecule has 2 aliphatic heterocycles. The Bertz CT molecular complexity index is 793. The molecule has 0 bridgehead atoms. The number of aromatic amines is 1. The van der Waals surface area contributed by atoms with E-state index in [0.717, 1.165) is 57.9 Å². The first-order chi connectivity index (χ1) is 15.6. The van der Waals surface area contributed by atoms with Crippen LogP contribution in [0.5, 0.6) is 0 Å². The van der Waals surface area contributed by atoms with Crippen LogP contribution in [0.15, 0.2) is 10.9 Å². The van der Waals surface area contributed by atoms with Crippen LogP contribution in [-0.2, 0) is 16.1 Å². The molecule has 1 saturated carbocycles. The first-order valence-corrected chi connectivity index (χ1v) is 12.2. The van der Waals surface area contributed by atoms with Crippen molar-refractivity contribution in [1.82, 2.24) is 24.7 Å². The molecule has 0 radical (unpaired) electrons. The van der Waals surface area contributed by atoms with Gasteiger partial charge in [0.15, 0.2) is 0 Å². The monoisotopic (exact) mass is 446 g/mol. The largest absolute Gasteiger partial charge is 0.383 e. The highest BCUT2D eigenvalue weighted by molar-refractivity contribution is 5.79. The zero-order valence-corrected chi connectivity index (χ0v) is 19.4. The summed E-state index contributed by atoms with van der Waals surface area (Å²) in [5.74, 6) is 1.17. The summed E-state index contributed by atoms with van der Waals surface area (Å²) in [5.41, 5.74) is 0.708. The van der Waals surface area contributed by atoms with Crippen molar-refractivity contribution >= 4 is 11.9 Å². The number of H-pyrrole nitrogens is 1. The summed E-state index contributed by atoms with van der Waals surface area (Å²) in [7, 11) is 1.74. The summed E-state index contributed by atoms with van der Waals surface area (Å²) >= 11 is 0. The summed E-state index contributed by atoms with van der Waals surface area (Å²) in [6.45, 7) is 9.20. The molecule has 3 fully saturated rings. The number of hydrogen-bond donors (Lipinski definition) is 1. The lowest BCUT2D eigenvalue weighted by atomic mass is 9.88. The second kappa shape index (κ2) is 11.2. The van der Waals surface area contributed by atoms with Crippen LogP contribution in [0.1, 0.15) is 37.8 Å². The van der Waals surface area contributed by atoms with Crippen molar-refractivity contribution < 1.29 is 9.53 Å². The van der Waals surface area contributed by atoms with Crippen molar-refractivity contribution in [1.29, 1.82) is 0 Å². The first kappa shape index (κ1) is 23.2. The molecule has 1 aliphatic carbocycles. The number of nitrogens with zero attached hydrogens (tertiary/aromatic N) is 5. The topological polar surface area (TPSA) is 85.0 Å². The molecule has 1 aromatic heterocycles. The van der Waals surface area contributed by atoms with E-state index in [1.807, 2.05) is 4.90 Å². The fraction of sp³-hybridized carbons (Fsp3) is 0.783. The van der Waals surface area contributed by atoms with Gasteiger partial charge in [-0.3, -0.25) is 24.4 Å². The second-order valence-electron chi connectivity index (χ2n) is 9.32. The number of anilines is 1. The van der Waals surface area contributed by atoms with Crippen LogP contribution < -0.4 is 10.5 Å². The van der Waals surface area contributed by atoms with Gasteiger partial charge in [-0.15, -0.1) is 0 Å². The summed E-state index contributed by atoms with van der Waals surface area (Å²) in [6.07, 6.45) is 5.69. The minimum Gasteiger partial charge on any atom is -0.383 e. The van der Waals surface area contributed by atoms with Crippen molar-refractivity contribution in [2.24, 2.45) is 5.92 Å². The molecule has 178 valence electrons. The Kier molecular flexibility index (Phi) is 8.15. The van der Waals surface area contributed by atoms with Gasteiger partial charge in [-0.25, -0.2) is 4.98 Å². The van der Waals surface area contributed by atoms with Crippen molar-refractivity contribution in [3.05, 3.63) is 22.1 Å². The van der Waals surface area contributed by atoms with E-state index in [4.69, 9.17) is 9.72 Å². The first-order valence-electron chi connectivity index (χ1n) is 12.2. The van der Waals surface area contributed by atoms with Gasteiger partial charge in [0.25, 0.3) is 5.56 Å². The van der Waals surface area contributed by atoms with Gasteiger partial charge < -0.3 is 14.5 Å². The molecule has 9 nitrogen and oxygen atoms in total. The molecule has 3 aliphatic rings. The number of carbonyl (C=O) groups is 1. The number of ether oxygens (including phenoxy) is 1. The maximum absolute atomic E-state index is 12.8. The van der Waals surface area contributed by atoms with Crippen LogP contribution in [0.2, 0.25) is 0 Å². The molecule has 4 rings (SSSR count). The van der Waals surface area contributed by atoms with Crippen molar-refractivity contribution in [2.45, 2.75) is 38.6 Å². The average molecular weight is 447 g/mol. The fourth-order valence-corrected chi connectivity index (χ4v) is 5.09. The predicted octanol–water partition coefficient (Wildman–Crippen LogP) is 0.763. The van der Waals surface area contributed by atoms with Crippen LogP contribution >= 0.6 is 0 Å². The van der Waals surface area contributed by atoms with Gasteiger partial charge in [-0.1, -0.05) is 19.3 Å². The Morgan fingerprint density at radius 2 is 1.72 bits per heavy atom. The molecule has 1 aromatic rings. The summed E-state index contributed by atoms with van der Waals surface area (Å²) in [4.78, 5) is 41.7. The Labute approximate surface area is 190 Å². The Morgan fingerprint density at radius 3 is 2.41 bits per heavy atom.